The van der Waals surface area contributed by atoms with E-state index in [0.717, 1.165) is 29.8 Å². The van der Waals surface area contributed by atoms with E-state index in [1.807, 2.05) is 31.5 Å². The standard InChI is InChI=1S/C14H23NO2/c1-5-6-7-8-17-10-14(16)13-9-11(2)15(4)12(13)3/h9H,5-8,10H2,1-4H3. The Hall–Kier alpha value is -1.09. The van der Waals surface area contributed by atoms with Crippen LogP contribution in [-0.2, 0) is 11.8 Å². The molecule has 0 aromatic carbocycles. The van der Waals surface area contributed by atoms with Crippen LogP contribution in [0.2, 0.25) is 0 Å². The third-order valence-electron chi connectivity index (χ3n) is 3.20. The molecule has 1 rings (SSSR count). The van der Waals surface area contributed by atoms with E-state index < -0.39 is 0 Å². The lowest BCUT2D eigenvalue weighted by Crippen LogP contribution is -2.11. The lowest BCUT2D eigenvalue weighted by atomic mass is 10.1. The molecule has 17 heavy (non-hydrogen) atoms. The highest BCUT2D eigenvalue weighted by Gasteiger charge is 2.13. The Morgan fingerprint density at radius 2 is 2.06 bits per heavy atom. The van der Waals surface area contributed by atoms with Gasteiger partial charge < -0.3 is 9.30 Å². The van der Waals surface area contributed by atoms with E-state index in [0.29, 0.717) is 6.61 Å². The number of aromatic nitrogens is 1. The van der Waals surface area contributed by atoms with Crippen LogP contribution in [0.4, 0.5) is 0 Å². The van der Waals surface area contributed by atoms with Gasteiger partial charge in [-0.05, 0) is 26.3 Å². The average Bonchev–Trinajstić information content (AvgIpc) is 2.56. The van der Waals surface area contributed by atoms with Crippen molar-refractivity contribution in [3.63, 3.8) is 0 Å². The summed E-state index contributed by atoms with van der Waals surface area (Å²) in [6, 6.07) is 1.94. The largest absolute Gasteiger partial charge is 0.373 e. The Kier molecular flexibility index (Phi) is 5.42. The number of unbranched alkanes of at least 4 members (excludes halogenated alkanes) is 2. The monoisotopic (exact) mass is 237 g/mol. The summed E-state index contributed by atoms with van der Waals surface area (Å²) >= 11 is 0. The number of carbonyl (C=O) groups excluding carboxylic acids is 1. The summed E-state index contributed by atoms with van der Waals surface area (Å²) < 4.78 is 7.43. The van der Waals surface area contributed by atoms with Crippen molar-refractivity contribution in [2.24, 2.45) is 7.05 Å². The number of ether oxygens (including phenoxy) is 1. The van der Waals surface area contributed by atoms with Gasteiger partial charge in [0.1, 0.15) is 6.61 Å². The van der Waals surface area contributed by atoms with Crippen LogP contribution in [0.5, 0.6) is 0 Å². The number of hydrogen-bond acceptors (Lipinski definition) is 2. The second-order valence-electron chi connectivity index (χ2n) is 4.53. The van der Waals surface area contributed by atoms with Crippen molar-refractivity contribution in [1.82, 2.24) is 4.57 Å². The zero-order valence-electron chi connectivity index (χ0n) is 11.4. The van der Waals surface area contributed by atoms with Gasteiger partial charge in [0.05, 0.1) is 0 Å². The fourth-order valence-electron chi connectivity index (χ4n) is 1.83. The van der Waals surface area contributed by atoms with Gasteiger partial charge in [-0.1, -0.05) is 19.8 Å². The predicted molar refractivity (Wildman–Crippen MR) is 69.6 cm³/mol. The van der Waals surface area contributed by atoms with Crippen molar-refractivity contribution in [1.29, 1.82) is 0 Å². The first kappa shape index (κ1) is 14.0. The lowest BCUT2D eigenvalue weighted by Gasteiger charge is -2.04. The first-order valence-corrected chi connectivity index (χ1v) is 6.31. The number of carbonyl (C=O) groups is 1. The number of ketones is 1. The second kappa shape index (κ2) is 6.60. The smallest absolute Gasteiger partial charge is 0.190 e. The molecule has 0 spiro atoms. The van der Waals surface area contributed by atoms with Crippen molar-refractivity contribution in [2.75, 3.05) is 13.2 Å². The van der Waals surface area contributed by atoms with Crippen LogP contribution in [0.25, 0.3) is 0 Å². The van der Waals surface area contributed by atoms with Crippen molar-refractivity contribution in [3.8, 4) is 0 Å². The number of aryl methyl sites for hydroxylation is 1. The number of rotatable bonds is 7. The van der Waals surface area contributed by atoms with Gasteiger partial charge >= 0.3 is 0 Å². The summed E-state index contributed by atoms with van der Waals surface area (Å²) in [4.78, 5) is 11.9. The molecule has 0 bridgehead atoms. The lowest BCUT2D eigenvalue weighted by molar-refractivity contribution is 0.0752. The SMILES string of the molecule is CCCCCOCC(=O)c1cc(C)n(C)c1C. The number of hydrogen-bond donors (Lipinski definition) is 0. The van der Waals surface area contributed by atoms with Gasteiger partial charge in [0.25, 0.3) is 0 Å². The maximum atomic E-state index is 11.9. The van der Waals surface area contributed by atoms with Gasteiger partial charge in [-0.15, -0.1) is 0 Å². The molecule has 0 radical (unpaired) electrons. The highest BCUT2D eigenvalue weighted by molar-refractivity contribution is 5.98. The molecule has 0 aliphatic rings. The van der Waals surface area contributed by atoms with Crippen LogP contribution in [-0.4, -0.2) is 23.6 Å². The third kappa shape index (κ3) is 3.70. The van der Waals surface area contributed by atoms with E-state index >= 15 is 0 Å². The second-order valence-corrected chi connectivity index (χ2v) is 4.53. The fourth-order valence-corrected chi connectivity index (χ4v) is 1.83. The maximum absolute atomic E-state index is 11.9. The molecule has 0 saturated heterocycles. The molecule has 0 atom stereocenters. The zero-order chi connectivity index (χ0) is 12.8. The molecule has 0 N–H and O–H groups in total. The van der Waals surface area contributed by atoms with Gasteiger partial charge in [-0.3, -0.25) is 4.79 Å². The van der Waals surface area contributed by atoms with Crippen LogP contribution in [0.1, 0.15) is 47.9 Å². The molecular formula is C14H23NO2. The van der Waals surface area contributed by atoms with Crippen LogP contribution in [0, 0.1) is 13.8 Å². The first-order chi connectivity index (χ1) is 8.07. The Morgan fingerprint density at radius 1 is 1.35 bits per heavy atom. The summed E-state index contributed by atoms with van der Waals surface area (Å²) in [6.45, 7) is 7.02. The van der Waals surface area contributed by atoms with E-state index in [-0.39, 0.29) is 12.4 Å². The number of nitrogens with zero attached hydrogens (tertiary/aromatic N) is 1. The third-order valence-corrected chi connectivity index (χ3v) is 3.20. The van der Waals surface area contributed by atoms with Gasteiger partial charge in [0.2, 0.25) is 0 Å². The molecule has 0 unspecified atom stereocenters. The van der Waals surface area contributed by atoms with Crippen molar-refractivity contribution >= 4 is 5.78 Å². The van der Waals surface area contributed by atoms with Gasteiger partial charge in [0.15, 0.2) is 5.78 Å². The molecular weight excluding hydrogens is 214 g/mol. The van der Waals surface area contributed by atoms with Crippen LogP contribution < -0.4 is 0 Å². The molecule has 0 amide bonds. The van der Waals surface area contributed by atoms with Crippen molar-refractivity contribution < 1.29 is 9.53 Å². The quantitative estimate of drug-likeness (QED) is 0.539. The van der Waals surface area contributed by atoms with Crippen LogP contribution in [0.3, 0.4) is 0 Å². The summed E-state index contributed by atoms with van der Waals surface area (Å²) in [7, 11) is 1.98. The molecule has 1 aromatic rings. The minimum absolute atomic E-state index is 0.0858. The normalized spacial score (nSPS) is 10.8. The Bertz CT molecular complexity index is 380. The number of Topliss-reactive ketones (excluding diaryl/α,β-unsaturated/α-hetero) is 1. The highest BCUT2D eigenvalue weighted by Crippen LogP contribution is 2.13. The topological polar surface area (TPSA) is 31.2 Å². The molecule has 0 aliphatic heterocycles. The van der Waals surface area contributed by atoms with Crippen LogP contribution >= 0.6 is 0 Å². The van der Waals surface area contributed by atoms with E-state index in [9.17, 15) is 4.79 Å². The Labute approximate surface area is 104 Å². The molecule has 0 saturated carbocycles. The Balaban J connectivity index is 2.44. The van der Waals surface area contributed by atoms with E-state index in [1.54, 1.807) is 0 Å². The summed E-state index contributed by atoms with van der Waals surface area (Å²) in [5, 5.41) is 0. The molecule has 0 fully saturated rings. The summed E-state index contributed by atoms with van der Waals surface area (Å²) in [6.07, 6.45) is 3.38. The molecule has 1 heterocycles. The first-order valence-electron chi connectivity index (χ1n) is 6.31. The van der Waals surface area contributed by atoms with Gasteiger partial charge in [-0.2, -0.15) is 0 Å². The predicted octanol–water partition coefficient (Wildman–Crippen LogP) is 3.03. The molecule has 1 aromatic heterocycles. The minimum Gasteiger partial charge on any atom is -0.373 e. The minimum atomic E-state index is 0.0858. The van der Waals surface area contributed by atoms with Crippen molar-refractivity contribution in [2.45, 2.75) is 40.0 Å². The maximum Gasteiger partial charge on any atom is 0.190 e. The summed E-state index contributed by atoms with van der Waals surface area (Å²) in [5.41, 5.74) is 2.92. The Morgan fingerprint density at radius 3 is 2.59 bits per heavy atom. The summed E-state index contributed by atoms with van der Waals surface area (Å²) in [5.74, 6) is 0.0858. The zero-order valence-corrected chi connectivity index (χ0v) is 11.4. The van der Waals surface area contributed by atoms with Gasteiger partial charge in [0, 0.05) is 30.6 Å². The van der Waals surface area contributed by atoms with Gasteiger partial charge in [-0.25, -0.2) is 0 Å². The molecule has 96 valence electrons. The van der Waals surface area contributed by atoms with E-state index in [2.05, 4.69) is 6.92 Å². The van der Waals surface area contributed by atoms with E-state index in [4.69, 9.17) is 4.74 Å². The molecule has 0 aliphatic carbocycles. The highest BCUT2D eigenvalue weighted by atomic mass is 16.5. The van der Waals surface area contributed by atoms with E-state index in [1.165, 1.54) is 6.42 Å². The fraction of sp³-hybridized carbons (Fsp3) is 0.643. The molecule has 3 nitrogen and oxygen atoms in total. The van der Waals surface area contributed by atoms with Crippen LogP contribution in [0.15, 0.2) is 6.07 Å². The molecule has 3 heteroatoms. The van der Waals surface area contributed by atoms with Crippen molar-refractivity contribution in [3.05, 3.63) is 23.0 Å². The average molecular weight is 237 g/mol.